The lowest BCUT2D eigenvalue weighted by Crippen LogP contribution is -2.09. The standard InChI is InChI=1S/C17H14O5/c1-21-15-11-12(8-10-16(18)19)7-9-14(15)22-17(20)13-5-3-2-4-6-13/h2-11H,1H3,(H,18,19)/b10-8+. The van der Waals surface area contributed by atoms with Gasteiger partial charge in [-0.2, -0.15) is 0 Å². The molecule has 0 aliphatic rings. The Morgan fingerprint density at radius 2 is 1.77 bits per heavy atom. The van der Waals surface area contributed by atoms with Crippen molar-refractivity contribution in [2.24, 2.45) is 0 Å². The summed E-state index contributed by atoms with van der Waals surface area (Å²) >= 11 is 0. The first-order valence-corrected chi connectivity index (χ1v) is 6.46. The molecule has 0 atom stereocenters. The van der Waals surface area contributed by atoms with Crippen LogP contribution >= 0.6 is 0 Å². The average Bonchev–Trinajstić information content (AvgIpc) is 2.54. The molecule has 2 rings (SSSR count). The van der Waals surface area contributed by atoms with Gasteiger partial charge in [0.05, 0.1) is 12.7 Å². The van der Waals surface area contributed by atoms with E-state index in [4.69, 9.17) is 14.6 Å². The van der Waals surface area contributed by atoms with Gasteiger partial charge in [-0.3, -0.25) is 0 Å². The minimum atomic E-state index is -1.04. The summed E-state index contributed by atoms with van der Waals surface area (Å²) in [6.07, 6.45) is 2.44. The van der Waals surface area contributed by atoms with Gasteiger partial charge in [0.25, 0.3) is 0 Å². The highest BCUT2D eigenvalue weighted by Gasteiger charge is 2.12. The van der Waals surface area contributed by atoms with Crippen molar-refractivity contribution in [1.82, 2.24) is 0 Å². The second-order valence-corrected chi connectivity index (χ2v) is 4.34. The first kappa shape index (κ1) is 15.3. The molecule has 112 valence electrons. The highest BCUT2D eigenvalue weighted by molar-refractivity contribution is 5.91. The molecule has 0 fully saturated rings. The Kier molecular flexibility index (Phi) is 4.93. The second kappa shape index (κ2) is 7.08. The van der Waals surface area contributed by atoms with Crippen molar-refractivity contribution in [3.8, 4) is 11.5 Å². The molecule has 2 aromatic carbocycles. The number of hydrogen-bond acceptors (Lipinski definition) is 4. The van der Waals surface area contributed by atoms with E-state index in [0.717, 1.165) is 6.08 Å². The summed E-state index contributed by atoms with van der Waals surface area (Å²) in [7, 11) is 1.44. The highest BCUT2D eigenvalue weighted by Crippen LogP contribution is 2.29. The summed E-state index contributed by atoms with van der Waals surface area (Å²) < 4.78 is 10.5. The number of ether oxygens (including phenoxy) is 2. The van der Waals surface area contributed by atoms with Gasteiger partial charge in [-0.1, -0.05) is 24.3 Å². The second-order valence-electron chi connectivity index (χ2n) is 4.34. The molecule has 5 nitrogen and oxygen atoms in total. The number of carboxylic acids is 1. The van der Waals surface area contributed by atoms with Crippen LogP contribution in [0.3, 0.4) is 0 Å². The molecule has 1 N–H and O–H groups in total. The molecule has 0 aromatic heterocycles. The maximum absolute atomic E-state index is 12.0. The maximum Gasteiger partial charge on any atom is 0.343 e. The van der Waals surface area contributed by atoms with E-state index in [1.165, 1.54) is 13.2 Å². The number of carboxylic acid groups (broad SMARTS) is 1. The molecule has 22 heavy (non-hydrogen) atoms. The van der Waals surface area contributed by atoms with Gasteiger partial charge in [-0.15, -0.1) is 0 Å². The predicted octanol–water partition coefficient (Wildman–Crippen LogP) is 3.01. The minimum Gasteiger partial charge on any atom is -0.493 e. The van der Waals surface area contributed by atoms with Crippen LogP contribution in [0.15, 0.2) is 54.6 Å². The third-order valence-corrected chi connectivity index (χ3v) is 2.82. The zero-order chi connectivity index (χ0) is 15.9. The van der Waals surface area contributed by atoms with Gasteiger partial charge in [0.1, 0.15) is 0 Å². The van der Waals surface area contributed by atoms with Crippen LogP contribution in [-0.2, 0) is 4.79 Å². The quantitative estimate of drug-likeness (QED) is 0.522. The molecule has 0 spiro atoms. The van der Waals surface area contributed by atoms with Gasteiger partial charge in [0, 0.05) is 6.08 Å². The molecule has 0 aliphatic carbocycles. The Bertz CT molecular complexity index is 704. The number of rotatable bonds is 5. The van der Waals surface area contributed by atoms with Crippen molar-refractivity contribution in [3.05, 3.63) is 65.7 Å². The van der Waals surface area contributed by atoms with E-state index in [-0.39, 0.29) is 5.75 Å². The summed E-state index contributed by atoms with van der Waals surface area (Å²) in [5.41, 5.74) is 1.05. The third-order valence-electron chi connectivity index (χ3n) is 2.82. The summed E-state index contributed by atoms with van der Waals surface area (Å²) in [4.78, 5) is 22.5. The number of esters is 1. The summed E-state index contributed by atoms with van der Waals surface area (Å²) in [5, 5.41) is 8.61. The number of carbonyl (C=O) groups excluding carboxylic acids is 1. The van der Waals surface area contributed by atoms with E-state index in [9.17, 15) is 9.59 Å². The van der Waals surface area contributed by atoms with Crippen LogP contribution in [0, 0.1) is 0 Å². The highest BCUT2D eigenvalue weighted by atomic mass is 16.6. The van der Waals surface area contributed by atoms with E-state index in [2.05, 4.69) is 0 Å². The van der Waals surface area contributed by atoms with Crippen molar-refractivity contribution >= 4 is 18.0 Å². The molecule has 0 saturated carbocycles. The molecule has 0 radical (unpaired) electrons. The van der Waals surface area contributed by atoms with Crippen LogP contribution in [0.2, 0.25) is 0 Å². The normalized spacial score (nSPS) is 10.4. The largest absolute Gasteiger partial charge is 0.493 e. The fourth-order valence-electron chi connectivity index (χ4n) is 1.77. The number of methoxy groups -OCH3 is 1. The summed E-state index contributed by atoms with van der Waals surface area (Å²) in [6.45, 7) is 0. The molecule has 0 bridgehead atoms. The summed E-state index contributed by atoms with van der Waals surface area (Å²) in [6, 6.07) is 13.4. The van der Waals surface area contributed by atoms with Crippen LogP contribution in [-0.4, -0.2) is 24.2 Å². The van der Waals surface area contributed by atoms with Gasteiger partial charge in [-0.25, -0.2) is 9.59 Å². The van der Waals surface area contributed by atoms with Gasteiger partial charge in [-0.05, 0) is 35.9 Å². The first-order chi connectivity index (χ1) is 10.6. The summed E-state index contributed by atoms with van der Waals surface area (Å²) in [5.74, 6) is -0.924. The van der Waals surface area contributed by atoms with Gasteiger partial charge in [0.15, 0.2) is 11.5 Å². The number of carbonyl (C=O) groups is 2. The van der Waals surface area contributed by atoms with Crippen molar-refractivity contribution in [3.63, 3.8) is 0 Å². The van der Waals surface area contributed by atoms with E-state index in [0.29, 0.717) is 16.9 Å². The van der Waals surface area contributed by atoms with Crippen molar-refractivity contribution in [2.75, 3.05) is 7.11 Å². The molecule has 0 unspecified atom stereocenters. The topological polar surface area (TPSA) is 72.8 Å². The van der Waals surface area contributed by atoms with E-state index in [1.54, 1.807) is 48.5 Å². The van der Waals surface area contributed by atoms with E-state index >= 15 is 0 Å². The molecular weight excluding hydrogens is 284 g/mol. The van der Waals surface area contributed by atoms with Crippen LogP contribution in [0.5, 0.6) is 11.5 Å². The number of benzene rings is 2. The lowest BCUT2D eigenvalue weighted by atomic mass is 10.2. The van der Waals surface area contributed by atoms with Crippen molar-refractivity contribution in [1.29, 1.82) is 0 Å². The number of aliphatic carboxylic acids is 1. The smallest absolute Gasteiger partial charge is 0.343 e. The fourth-order valence-corrected chi connectivity index (χ4v) is 1.77. The lowest BCUT2D eigenvalue weighted by Gasteiger charge is -2.10. The van der Waals surface area contributed by atoms with E-state index < -0.39 is 11.9 Å². The predicted molar refractivity (Wildman–Crippen MR) is 81.1 cm³/mol. The Balaban J connectivity index is 2.21. The molecule has 0 heterocycles. The SMILES string of the molecule is COc1cc(/C=C/C(=O)O)ccc1OC(=O)c1ccccc1. The Hall–Kier alpha value is -3.08. The Labute approximate surface area is 127 Å². The Morgan fingerprint density at radius 3 is 2.41 bits per heavy atom. The lowest BCUT2D eigenvalue weighted by molar-refractivity contribution is -0.131. The van der Waals surface area contributed by atoms with Crippen LogP contribution in [0.1, 0.15) is 15.9 Å². The van der Waals surface area contributed by atoms with E-state index in [1.807, 2.05) is 0 Å². The molecule has 0 aliphatic heterocycles. The van der Waals surface area contributed by atoms with Gasteiger partial charge in [0.2, 0.25) is 0 Å². The average molecular weight is 298 g/mol. The Morgan fingerprint density at radius 1 is 1.05 bits per heavy atom. The van der Waals surface area contributed by atoms with Crippen molar-refractivity contribution < 1.29 is 24.2 Å². The first-order valence-electron chi connectivity index (χ1n) is 6.46. The molecular formula is C17H14O5. The van der Waals surface area contributed by atoms with Gasteiger partial charge >= 0.3 is 11.9 Å². The molecule has 0 amide bonds. The van der Waals surface area contributed by atoms with Gasteiger partial charge < -0.3 is 14.6 Å². The number of hydrogen-bond donors (Lipinski definition) is 1. The molecule has 2 aromatic rings. The third kappa shape index (κ3) is 3.96. The van der Waals surface area contributed by atoms with Crippen LogP contribution < -0.4 is 9.47 Å². The maximum atomic E-state index is 12.0. The minimum absolute atomic E-state index is 0.267. The monoisotopic (exact) mass is 298 g/mol. The van der Waals surface area contributed by atoms with Crippen LogP contribution in [0.4, 0.5) is 0 Å². The zero-order valence-electron chi connectivity index (χ0n) is 11.9. The molecule has 0 saturated heterocycles. The fraction of sp³-hybridized carbons (Fsp3) is 0.0588. The molecule has 5 heteroatoms. The van der Waals surface area contributed by atoms with Crippen molar-refractivity contribution in [2.45, 2.75) is 0 Å². The zero-order valence-corrected chi connectivity index (χ0v) is 11.9. The van der Waals surface area contributed by atoms with Crippen LogP contribution in [0.25, 0.3) is 6.08 Å².